The van der Waals surface area contributed by atoms with E-state index in [4.69, 9.17) is 5.73 Å². The molecule has 0 saturated heterocycles. The highest BCUT2D eigenvalue weighted by atomic mass is 32.2. The van der Waals surface area contributed by atoms with Gasteiger partial charge >= 0.3 is 0 Å². The Hall–Kier alpha value is -1.40. The van der Waals surface area contributed by atoms with Gasteiger partial charge in [-0.05, 0) is 25.8 Å². The van der Waals surface area contributed by atoms with Crippen molar-refractivity contribution in [2.24, 2.45) is 5.73 Å². The maximum Gasteiger partial charge on any atom is 0.239 e. The van der Waals surface area contributed by atoms with E-state index in [9.17, 15) is 13.2 Å². The predicted molar refractivity (Wildman–Crippen MR) is 84.7 cm³/mol. The van der Waals surface area contributed by atoms with Gasteiger partial charge in [-0.2, -0.15) is 0 Å². The van der Waals surface area contributed by atoms with Gasteiger partial charge in [0.1, 0.15) is 9.84 Å². The van der Waals surface area contributed by atoms with E-state index in [0.29, 0.717) is 0 Å². The number of hydrogen-bond acceptors (Lipinski definition) is 4. The number of sulfone groups is 1. The molecule has 1 aromatic carbocycles. The fourth-order valence-corrected chi connectivity index (χ4v) is 2.67. The van der Waals surface area contributed by atoms with E-state index >= 15 is 0 Å². The topological polar surface area (TPSA) is 80.5 Å². The van der Waals surface area contributed by atoms with Crippen molar-refractivity contribution in [1.29, 1.82) is 0 Å². The summed E-state index contributed by atoms with van der Waals surface area (Å²) in [5.41, 5.74) is 7.99. The van der Waals surface area contributed by atoms with Crippen LogP contribution in [0, 0.1) is 6.92 Å². The molecule has 0 aromatic heterocycles. The first-order valence-corrected chi connectivity index (χ1v) is 8.94. The Morgan fingerprint density at radius 3 is 2.29 bits per heavy atom. The van der Waals surface area contributed by atoms with Crippen LogP contribution in [0.3, 0.4) is 0 Å². The molecule has 0 fully saturated rings. The lowest BCUT2D eigenvalue weighted by atomic mass is 10.0. The number of rotatable bonds is 6. The van der Waals surface area contributed by atoms with Gasteiger partial charge in [-0.1, -0.05) is 29.8 Å². The minimum Gasteiger partial charge on any atom is -0.338 e. The highest BCUT2D eigenvalue weighted by Gasteiger charge is 2.23. The van der Waals surface area contributed by atoms with Crippen molar-refractivity contribution in [3.8, 4) is 0 Å². The minimum absolute atomic E-state index is 0.0767. The normalized spacial score (nSPS) is 14.5. The molecular weight excluding hydrogens is 288 g/mol. The number of amides is 1. The summed E-state index contributed by atoms with van der Waals surface area (Å²) in [7, 11) is -1.42. The van der Waals surface area contributed by atoms with E-state index in [1.54, 1.807) is 11.9 Å². The first kappa shape index (κ1) is 17.7. The molecule has 6 heteroatoms. The molecule has 2 N–H and O–H groups in total. The number of carbonyl (C=O) groups excluding carboxylic acids is 1. The smallest absolute Gasteiger partial charge is 0.239 e. The molecule has 0 spiro atoms. The number of benzene rings is 1. The van der Waals surface area contributed by atoms with Crippen molar-refractivity contribution in [2.75, 3.05) is 19.1 Å². The molecule has 2 unspecified atom stereocenters. The van der Waals surface area contributed by atoms with Crippen LogP contribution in [0.2, 0.25) is 0 Å². The highest BCUT2D eigenvalue weighted by Crippen LogP contribution is 2.20. The first-order valence-electron chi connectivity index (χ1n) is 6.88. The van der Waals surface area contributed by atoms with Crippen LogP contribution in [0.15, 0.2) is 24.3 Å². The van der Waals surface area contributed by atoms with Gasteiger partial charge < -0.3 is 10.6 Å². The van der Waals surface area contributed by atoms with Crippen LogP contribution in [0.1, 0.15) is 30.5 Å². The molecule has 0 heterocycles. The lowest BCUT2D eigenvalue weighted by molar-refractivity contribution is -0.133. The van der Waals surface area contributed by atoms with Crippen molar-refractivity contribution < 1.29 is 13.2 Å². The van der Waals surface area contributed by atoms with E-state index in [0.717, 1.165) is 17.4 Å². The maximum absolute atomic E-state index is 12.2. The zero-order valence-electron chi connectivity index (χ0n) is 13.0. The molecule has 1 amide bonds. The van der Waals surface area contributed by atoms with Crippen LogP contribution in [-0.4, -0.2) is 44.3 Å². The van der Waals surface area contributed by atoms with Gasteiger partial charge in [0.2, 0.25) is 5.91 Å². The summed E-state index contributed by atoms with van der Waals surface area (Å²) in [6.45, 7) is 3.93. The van der Waals surface area contributed by atoms with Crippen LogP contribution in [0.4, 0.5) is 0 Å². The highest BCUT2D eigenvalue weighted by molar-refractivity contribution is 7.90. The van der Waals surface area contributed by atoms with Crippen molar-refractivity contribution >= 4 is 15.7 Å². The second-order valence-electron chi connectivity index (χ2n) is 5.56. The van der Waals surface area contributed by atoms with Crippen molar-refractivity contribution in [3.63, 3.8) is 0 Å². The first-order chi connectivity index (χ1) is 9.61. The van der Waals surface area contributed by atoms with Crippen molar-refractivity contribution in [1.82, 2.24) is 4.90 Å². The molecule has 0 saturated carbocycles. The summed E-state index contributed by atoms with van der Waals surface area (Å²) >= 11 is 0. The van der Waals surface area contributed by atoms with E-state index in [-0.39, 0.29) is 24.1 Å². The number of carbonyl (C=O) groups is 1. The number of nitrogens with two attached hydrogens (primary N) is 1. The molecule has 0 aliphatic heterocycles. The summed E-state index contributed by atoms with van der Waals surface area (Å²) in [6, 6.07) is 7.04. The van der Waals surface area contributed by atoms with Gasteiger partial charge in [-0.3, -0.25) is 4.79 Å². The number of likely N-dealkylation sites (N-methyl/N-ethyl adjacent to an activating group) is 1. The Bertz CT molecular complexity index is 581. The fourth-order valence-electron chi connectivity index (χ4n) is 1.99. The van der Waals surface area contributed by atoms with Crippen molar-refractivity contribution in [2.45, 2.75) is 32.4 Å². The van der Waals surface area contributed by atoms with Gasteiger partial charge in [-0.15, -0.1) is 0 Å². The third-order valence-electron chi connectivity index (χ3n) is 3.61. The zero-order chi connectivity index (χ0) is 16.2. The van der Waals surface area contributed by atoms with E-state index < -0.39 is 15.9 Å². The Morgan fingerprint density at radius 2 is 1.81 bits per heavy atom. The SMILES string of the molecule is Cc1ccc(C(C)N(C)C(=O)C(N)CCS(C)(=O)=O)cc1. The predicted octanol–water partition coefficient (Wildman–Crippen LogP) is 1.28. The average Bonchev–Trinajstić information content (AvgIpc) is 2.42. The third-order valence-corrected chi connectivity index (χ3v) is 4.58. The average molecular weight is 312 g/mol. The van der Waals surface area contributed by atoms with Gasteiger partial charge in [-0.25, -0.2) is 8.42 Å². The van der Waals surface area contributed by atoms with E-state index in [2.05, 4.69) is 0 Å². The number of aryl methyl sites for hydroxylation is 1. The molecule has 0 bridgehead atoms. The third kappa shape index (κ3) is 5.47. The summed E-state index contributed by atoms with van der Waals surface area (Å²) in [4.78, 5) is 13.8. The molecule has 118 valence electrons. The molecule has 5 nitrogen and oxygen atoms in total. The maximum atomic E-state index is 12.2. The van der Waals surface area contributed by atoms with Crippen LogP contribution < -0.4 is 5.73 Å². The Balaban J connectivity index is 2.70. The van der Waals surface area contributed by atoms with Crippen molar-refractivity contribution in [3.05, 3.63) is 35.4 Å². The Kier molecular flexibility index (Phi) is 5.92. The Labute approximate surface area is 127 Å². The van der Waals surface area contributed by atoms with Crippen LogP contribution in [0.25, 0.3) is 0 Å². The van der Waals surface area contributed by atoms with Gasteiger partial charge in [0.15, 0.2) is 0 Å². The van der Waals surface area contributed by atoms with Crippen LogP contribution in [0.5, 0.6) is 0 Å². The Morgan fingerprint density at radius 1 is 1.29 bits per heavy atom. The van der Waals surface area contributed by atoms with Gasteiger partial charge in [0.25, 0.3) is 0 Å². The monoisotopic (exact) mass is 312 g/mol. The summed E-state index contributed by atoms with van der Waals surface area (Å²) in [5.74, 6) is -0.321. The zero-order valence-corrected chi connectivity index (χ0v) is 13.9. The molecule has 0 aliphatic rings. The second kappa shape index (κ2) is 7.04. The van der Waals surface area contributed by atoms with Gasteiger partial charge in [0.05, 0.1) is 17.8 Å². The van der Waals surface area contributed by atoms with Gasteiger partial charge in [0, 0.05) is 13.3 Å². The van der Waals surface area contributed by atoms with Crippen LogP contribution >= 0.6 is 0 Å². The second-order valence-corrected chi connectivity index (χ2v) is 7.82. The van der Waals surface area contributed by atoms with E-state index in [1.165, 1.54) is 0 Å². The molecular formula is C15H24N2O3S. The summed E-state index contributed by atoms with van der Waals surface area (Å²) < 4.78 is 22.3. The lowest BCUT2D eigenvalue weighted by Gasteiger charge is -2.28. The minimum atomic E-state index is -3.11. The molecule has 21 heavy (non-hydrogen) atoms. The number of hydrogen-bond donors (Lipinski definition) is 1. The largest absolute Gasteiger partial charge is 0.338 e. The fraction of sp³-hybridized carbons (Fsp3) is 0.533. The van der Waals surface area contributed by atoms with Crippen LogP contribution in [-0.2, 0) is 14.6 Å². The summed E-state index contributed by atoms with van der Waals surface area (Å²) in [5, 5.41) is 0. The molecule has 1 rings (SSSR count). The molecule has 1 aromatic rings. The molecule has 2 atom stereocenters. The van der Waals surface area contributed by atoms with E-state index in [1.807, 2.05) is 38.1 Å². The number of nitrogens with zero attached hydrogens (tertiary/aromatic N) is 1. The molecule has 0 radical (unpaired) electrons. The standard InChI is InChI=1S/C15H24N2O3S/c1-11-5-7-13(8-6-11)12(2)17(3)15(18)14(16)9-10-21(4,19)20/h5-8,12,14H,9-10,16H2,1-4H3. The summed E-state index contributed by atoms with van der Waals surface area (Å²) in [6.07, 6.45) is 1.28. The quantitative estimate of drug-likeness (QED) is 0.858. The lowest BCUT2D eigenvalue weighted by Crippen LogP contribution is -2.43. The molecule has 0 aliphatic carbocycles.